The number of rotatable bonds is 5. The highest BCUT2D eigenvalue weighted by molar-refractivity contribution is 9.10. The van der Waals surface area contributed by atoms with Crippen LogP contribution in [0.25, 0.3) is 0 Å². The van der Waals surface area contributed by atoms with Crippen molar-refractivity contribution in [2.75, 3.05) is 13.7 Å². The summed E-state index contributed by atoms with van der Waals surface area (Å²) in [4.78, 5) is 0. The van der Waals surface area contributed by atoms with Crippen molar-refractivity contribution in [1.29, 1.82) is 0 Å². The Labute approximate surface area is 139 Å². The molecule has 1 N–H and O–H groups in total. The zero-order valence-electron chi connectivity index (χ0n) is 12.4. The first-order chi connectivity index (χ1) is 10.0. The first-order valence-corrected chi connectivity index (χ1v) is 8.06. The van der Waals surface area contributed by atoms with Crippen molar-refractivity contribution in [2.24, 2.45) is 0 Å². The van der Waals surface area contributed by atoms with E-state index in [0.717, 1.165) is 32.9 Å². The van der Waals surface area contributed by atoms with Gasteiger partial charge in [0.2, 0.25) is 0 Å². The molecule has 0 saturated heterocycles. The molecule has 0 aromatic heterocycles. The van der Waals surface area contributed by atoms with Gasteiger partial charge in [0, 0.05) is 9.50 Å². The Balaban J connectivity index is 2.45. The van der Waals surface area contributed by atoms with Gasteiger partial charge in [-0.05, 0) is 54.4 Å². The van der Waals surface area contributed by atoms with Crippen molar-refractivity contribution in [1.82, 2.24) is 5.32 Å². The number of hydrogen-bond acceptors (Lipinski definition) is 2. The van der Waals surface area contributed by atoms with Gasteiger partial charge >= 0.3 is 0 Å². The van der Waals surface area contributed by atoms with Crippen molar-refractivity contribution in [3.63, 3.8) is 0 Å². The molecule has 0 radical (unpaired) electrons. The van der Waals surface area contributed by atoms with Crippen LogP contribution in [0.3, 0.4) is 0 Å². The van der Waals surface area contributed by atoms with Crippen LogP contribution in [-0.2, 0) is 0 Å². The molecule has 4 heteroatoms. The van der Waals surface area contributed by atoms with Crippen molar-refractivity contribution in [3.8, 4) is 5.75 Å². The van der Waals surface area contributed by atoms with Gasteiger partial charge in [-0.15, -0.1) is 0 Å². The summed E-state index contributed by atoms with van der Waals surface area (Å²) in [5.41, 5.74) is 3.46. The van der Waals surface area contributed by atoms with E-state index < -0.39 is 0 Å². The van der Waals surface area contributed by atoms with Crippen LogP contribution in [0, 0.1) is 6.92 Å². The fraction of sp³-hybridized carbons (Fsp3) is 0.294. The lowest BCUT2D eigenvalue weighted by Crippen LogP contribution is -2.22. The van der Waals surface area contributed by atoms with E-state index in [1.54, 1.807) is 7.11 Å². The van der Waals surface area contributed by atoms with E-state index in [-0.39, 0.29) is 6.04 Å². The van der Waals surface area contributed by atoms with Gasteiger partial charge in [-0.1, -0.05) is 46.6 Å². The molecular weight excluding hydrogens is 350 g/mol. The minimum absolute atomic E-state index is 0.106. The quantitative estimate of drug-likeness (QED) is 0.791. The zero-order valence-corrected chi connectivity index (χ0v) is 14.8. The minimum Gasteiger partial charge on any atom is -0.496 e. The summed E-state index contributed by atoms with van der Waals surface area (Å²) in [5, 5.41) is 4.24. The van der Waals surface area contributed by atoms with E-state index in [1.165, 1.54) is 5.56 Å². The highest BCUT2D eigenvalue weighted by Gasteiger charge is 2.15. The second kappa shape index (κ2) is 7.30. The summed E-state index contributed by atoms with van der Waals surface area (Å²) in [7, 11) is 1.69. The molecule has 112 valence electrons. The normalized spacial score (nSPS) is 12.2. The van der Waals surface area contributed by atoms with Gasteiger partial charge in [0.25, 0.3) is 0 Å². The molecule has 0 amide bonds. The number of benzene rings is 2. The molecule has 2 aromatic rings. The van der Waals surface area contributed by atoms with Crippen LogP contribution in [-0.4, -0.2) is 13.7 Å². The van der Waals surface area contributed by atoms with E-state index in [1.807, 2.05) is 18.2 Å². The van der Waals surface area contributed by atoms with Gasteiger partial charge in [0.15, 0.2) is 0 Å². The summed E-state index contributed by atoms with van der Waals surface area (Å²) >= 11 is 9.69. The molecule has 0 aliphatic rings. The predicted octanol–water partition coefficient (Wildman–Crippen LogP) is 5.12. The lowest BCUT2D eigenvalue weighted by atomic mass is 9.97. The number of methoxy groups -OCH3 is 1. The number of halogens is 2. The summed E-state index contributed by atoms with van der Waals surface area (Å²) in [6.07, 6.45) is 0. The second-order valence-corrected chi connectivity index (χ2v) is 6.27. The molecule has 21 heavy (non-hydrogen) atoms. The van der Waals surface area contributed by atoms with Crippen LogP contribution in [0.5, 0.6) is 5.75 Å². The van der Waals surface area contributed by atoms with Crippen LogP contribution in [0.1, 0.15) is 29.7 Å². The average molecular weight is 369 g/mol. The first-order valence-electron chi connectivity index (χ1n) is 6.89. The third-order valence-corrected chi connectivity index (χ3v) is 4.05. The monoisotopic (exact) mass is 367 g/mol. The standard InChI is InChI=1S/C17H19BrClNO/c1-4-20-17(13-8-14(18)10-15(19)9-13)12-5-6-16(21-3)11(2)7-12/h5-10,17,20H,4H2,1-3H3. The largest absolute Gasteiger partial charge is 0.496 e. The molecule has 1 unspecified atom stereocenters. The van der Waals surface area contributed by atoms with Crippen LogP contribution < -0.4 is 10.1 Å². The maximum Gasteiger partial charge on any atom is 0.121 e. The predicted molar refractivity (Wildman–Crippen MR) is 92.4 cm³/mol. The molecule has 1 atom stereocenters. The van der Waals surface area contributed by atoms with Crippen LogP contribution >= 0.6 is 27.5 Å². The fourth-order valence-electron chi connectivity index (χ4n) is 2.46. The number of aryl methyl sites for hydroxylation is 1. The van der Waals surface area contributed by atoms with Gasteiger partial charge < -0.3 is 10.1 Å². The Kier molecular flexibility index (Phi) is 5.68. The van der Waals surface area contributed by atoms with E-state index in [9.17, 15) is 0 Å². The van der Waals surface area contributed by atoms with Crippen LogP contribution in [0.15, 0.2) is 40.9 Å². The average Bonchev–Trinajstić information content (AvgIpc) is 2.43. The molecule has 0 fully saturated rings. The van der Waals surface area contributed by atoms with Gasteiger partial charge in [0.05, 0.1) is 13.2 Å². The Bertz CT molecular complexity index is 610. The Hall–Kier alpha value is -1.03. The molecule has 2 aromatic carbocycles. The van der Waals surface area contributed by atoms with Crippen molar-refractivity contribution < 1.29 is 4.74 Å². The van der Waals surface area contributed by atoms with E-state index >= 15 is 0 Å². The highest BCUT2D eigenvalue weighted by Crippen LogP contribution is 2.30. The van der Waals surface area contributed by atoms with Gasteiger partial charge in [0.1, 0.15) is 5.75 Å². The molecule has 0 bridgehead atoms. The van der Waals surface area contributed by atoms with Crippen molar-refractivity contribution in [2.45, 2.75) is 19.9 Å². The van der Waals surface area contributed by atoms with Crippen LogP contribution in [0.2, 0.25) is 5.02 Å². The fourth-order valence-corrected chi connectivity index (χ4v) is 3.34. The van der Waals surface area contributed by atoms with Crippen LogP contribution in [0.4, 0.5) is 0 Å². The lowest BCUT2D eigenvalue weighted by molar-refractivity contribution is 0.411. The first kappa shape index (κ1) is 16.3. The molecule has 0 spiro atoms. The molecule has 0 saturated carbocycles. The summed E-state index contributed by atoms with van der Waals surface area (Å²) in [6.45, 7) is 5.03. The van der Waals surface area contributed by atoms with Gasteiger partial charge in [-0.25, -0.2) is 0 Å². The summed E-state index contributed by atoms with van der Waals surface area (Å²) in [5.74, 6) is 0.904. The Morgan fingerprint density at radius 2 is 1.95 bits per heavy atom. The number of nitrogens with one attached hydrogen (secondary N) is 1. The maximum absolute atomic E-state index is 6.18. The summed E-state index contributed by atoms with van der Waals surface area (Å²) < 4.78 is 6.32. The van der Waals surface area contributed by atoms with Gasteiger partial charge in [-0.3, -0.25) is 0 Å². The van der Waals surface area contributed by atoms with E-state index in [4.69, 9.17) is 16.3 Å². The van der Waals surface area contributed by atoms with Gasteiger partial charge in [-0.2, -0.15) is 0 Å². The smallest absolute Gasteiger partial charge is 0.121 e. The SMILES string of the molecule is CCNC(c1cc(Cl)cc(Br)c1)c1ccc(OC)c(C)c1. The molecule has 0 aliphatic carbocycles. The third kappa shape index (κ3) is 4.00. The van der Waals surface area contributed by atoms with Crippen molar-refractivity contribution in [3.05, 3.63) is 62.6 Å². The molecule has 2 rings (SSSR count). The second-order valence-electron chi connectivity index (χ2n) is 4.92. The minimum atomic E-state index is 0.106. The molecular formula is C17H19BrClNO. The van der Waals surface area contributed by atoms with E-state index in [0.29, 0.717) is 0 Å². The Morgan fingerprint density at radius 1 is 1.19 bits per heavy atom. The number of ether oxygens (including phenoxy) is 1. The molecule has 2 nitrogen and oxygen atoms in total. The summed E-state index contributed by atoms with van der Waals surface area (Å²) in [6, 6.07) is 12.4. The lowest BCUT2D eigenvalue weighted by Gasteiger charge is -2.21. The molecule has 0 aliphatic heterocycles. The number of hydrogen-bond donors (Lipinski definition) is 1. The maximum atomic E-state index is 6.18. The third-order valence-electron chi connectivity index (χ3n) is 3.38. The van der Waals surface area contributed by atoms with E-state index in [2.05, 4.69) is 53.3 Å². The van der Waals surface area contributed by atoms with Crippen molar-refractivity contribution >= 4 is 27.5 Å². The topological polar surface area (TPSA) is 21.3 Å². The Morgan fingerprint density at radius 3 is 2.52 bits per heavy atom. The highest BCUT2D eigenvalue weighted by atomic mass is 79.9. The zero-order chi connectivity index (χ0) is 15.4. The molecule has 0 heterocycles.